The minimum Gasteiger partial charge on any atom is -0.449 e. The molecule has 86 valence electrons. The molecule has 0 unspecified atom stereocenters. The SMILES string of the molecule is CCCCOC(=O)N1C[C@@H](F)C[C@@H]1C=O. The van der Waals surface area contributed by atoms with Crippen molar-refractivity contribution in [3.8, 4) is 0 Å². The monoisotopic (exact) mass is 217 g/mol. The molecule has 0 aliphatic carbocycles. The smallest absolute Gasteiger partial charge is 0.410 e. The van der Waals surface area contributed by atoms with Gasteiger partial charge in [-0.3, -0.25) is 4.90 Å². The van der Waals surface area contributed by atoms with E-state index < -0.39 is 18.3 Å². The lowest BCUT2D eigenvalue weighted by Gasteiger charge is -2.19. The molecule has 0 saturated carbocycles. The predicted octanol–water partition coefficient (Wildman–Crippen LogP) is 1.53. The summed E-state index contributed by atoms with van der Waals surface area (Å²) in [4.78, 5) is 23.2. The van der Waals surface area contributed by atoms with Gasteiger partial charge in [0.15, 0.2) is 0 Å². The number of rotatable bonds is 4. The molecule has 4 nitrogen and oxygen atoms in total. The molecule has 1 rings (SSSR count). The molecule has 1 saturated heterocycles. The molecule has 0 spiro atoms. The molecular weight excluding hydrogens is 201 g/mol. The van der Waals surface area contributed by atoms with Gasteiger partial charge in [-0.05, 0) is 6.42 Å². The van der Waals surface area contributed by atoms with E-state index in [4.69, 9.17) is 4.74 Å². The van der Waals surface area contributed by atoms with Gasteiger partial charge in [-0.25, -0.2) is 9.18 Å². The van der Waals surface area contributed by atoms with Crippen LogP contribution in [0.5, 0.6) is 0 Å². The van der Waals surface area contributed by atoms with E-state index in [9.17, 15) is 14.0 Å². The number of ether oxygens (including phenoxy) is 1. The fourth-order valence-electron chi connectivity index (χ4n) is 1.54. The summed E-state index contributed by atoms with van der Waals surface area (Å²) in [5.74, 6) is 0. The Morgan fingerprint density at radius 2 is 2.40 bits per heavy atom. The molecule has 1 aliphatic rings. The van der Waals surface area contributed by atoms with Crippen molar-refractivity contribution in [3.63, 3.8) is 0 Å². The van der Waals surface area contributed by atoms with Crippen molar-refractivity contribution in [3.05, 3.63) is 0 Å². The Bertz CT molecular complexity index is 235. The van der Waals surface area contributed by atoms with E-state index in [0.717, 1.165) is 17.7 Å². The summed E-state index contributed by atoms with van der Waals surface area (Å²) in [5.41, 5.74) is 0. The summed E-state index contributed by atoms with van der Waals surface area (Å²) in [6, 6.07) is -0.658. The van der Waals surface area contributed by atoms with Crippen molar-refractivity contribution in [1.29, 1.82) is 0 Å². The minimum atomic E-state index is -1.11. The third-order valence-corrected chi connectivity index (χ3v) is 2.41. The molecule has 1 fully saturated rings. The van der Waals surface area contributed by atoms with Crippen LogP contribution in [0, 0.1) is 0 Å². The number of unbranched alkanes of at least 4 members (excludes halogenated alkanes) is 1. The number of halogens is 1. The zero-order chi connectivity index (χ0) is 11.3. The molecule has 0 N–H and O–H groups in total. The van der Waals surface area contributed by atoms with E-state index in [2.05, 4.69) is 0 Å². The molecule has 0 aromatic carbocycles. The molecule has 1 heterocycles. The quantitative estimate of drug-likeness (QED) is 0.530. The normalized spacial score (nSPS) is 25.3. The van der Waals surface area contributed by atoms with Crippen molar-refractivity contribution < 1.29 is 18.7 Å². The van der Waals surface area contributed by atoms with Crippen molar-refractivity contribution >= 4 is 12.4 Å². The van der Waals surface area contributed by atoms with Gasteiger partial charge in [0.05, 0.1) is 19.2 Å². The van der Waals surface area contributed by atoms with Crippen LogP contribution in [0.1, 0.15) is 26.2 Å². The first-order valence-electron chi connectivity index (χ1n) is 5.21. The van der Waals surface area contributed by atoms with Crippen LogP contribution in [-0.2, 0) is 9.53 Å². The van der Waals surface area contributed by atoms with Gasteiger partial charge in [0.2, 0.25) is 0 Å². The minimum absolute atomic E-state index is 0.0334. The number of alkyl halides is 1. The Morgan fingerprint density at radius 3 is 3.00 bits per heavy atom. The summed E-state index contributed by atoms with van der Waals surface area (Å²) >= 11 is 0. The maximum Gasteiger partial charge on any atom is 0.410 e. The Balaban J connectivity index is 2.40. The van der Waals surface area contributed by atoms with Crippen molar-refractivity contribution in [2.45, 2.75) is 38.4 Å². The fraction of sp³-hybridized carbons (Fsp3) is 0.800. The fourth-order valence-corrected chi connectivity index (χ4v) is 1.54. The average Bonchev–Trinajstić information content (AvgIpc) is 2.60. The maximum absolute atomic E-state index is 13.0. The third kappa shape index (κ3) is 3.18. The van der Waals surface area contributed by atoms with E-state index >= 15 is 0 Å². The number of aldehydes is 1. The van der Waals surface area contributed by atoms with E-state index in [1.54, 1.807) is 0 Å². The number of likely N-dealkylation sites (tertiary alicyclic amines) is 1. The standard InChI is InChI=1S/C10H16FNO3/c1-2-3-4-15-10(14)12-6-8(11)5-9(12)7-13/h7-9H,2-6H2,1H3/t8-,9+/m0/s1. The van der Waals surface area contributed by atoms with Crippen molar-refractivity contribution in [2.24, 2.45) is 0 Å². The van der Waals surface area contributed by atoms with Crippen molar-refractivity contribution in [1.82, 2.24) is 4.90 Å². The lowest BCUT2D eigenvalue weighted by atomic mass is 10.2. The first-order chi connectivity index (χ1) is 7.19. The molecular formula is C10H16FNO3. The van der Waals surface area contributed by atoms with Crippen LogP contribution in [0.25, 0.3) is 0 Å². The second-order valence-electron chi connectivity index (χ2n) is 3.66. The summed E-state index contributed by atoms with van der Waals surface area (Å²) < 4.78 is 17.9. The van der Waals surface area contributed by atoms with Gasteiger partial charge in [0, 0.05) is 6.42 Å². The highest BCUT2D eigenvalue weighted by Gasteiger charge is 2.35. The Morgan fingerprint density at radius 1 is 1.67 bits per heavy atom. The van der Waals surface area contributed by atoms with Gasteiger partial charge in [0.1, 0.15) is 12.5 Å². The van der Waals surface area contributed by atoms with E-state index in [-0.39, 0.29) is 13.0 Å². The Kier molecular flexibility index (Phi) is 4.52. The Labute approximate surface area is 88.4 Å². The number of hydrogen-bond acceptors (Lipinski definition) is 3. The summed E-state index contributed by atoms with van der Waals surface area (Å²) in [6.07, 6.45) is 0.702. The van der Waals surface area contributed by atoms with Gasteiger partial charge in [-0.15, -0.1) is 0 Å². The molecule has 2 atom stereocenters. The van der Waals surface area contributed by atoms with Crippen LogP contribution in [-0.4, -0.2) is 42.6 Å². The highest BCUT2D eigenvalue weighted by Crippen LogP contribution is 2.19. The van der Waals surface area contributed by atoms with Gasteiger partial charge in [-0.1, -0.05) is 13.3 Å². The molecule has 0 radical (unpaired) electrons. The van der Waals surface area contributed by atoms with E-state index in [1.807, 2.05) is 6.92 Å². The first kappa shape index (κ1) is 11.9. The molecule has 1 amide bonds. The highest BCUT2D eigenvalue weighted by molar-refractivity contribution is 5.74. The zero-order valence-corrected chi connectivity index (χ0v) is 8.82. The van der Waals surface area contributed by atoms with Crippen LogP contribution in [0.3, 0.4) is 0 Å². The number of carbonyl (C=O) groups is 2. The number of carbonyl (C=O) groups excluding carboxylic acids is 2. The van der Waals surface area contributed by atoms with Crippen LogP contribution in [0.15, 0.2) is 0 Å². The molecule has 0 bridgehead atoms. The molecule has 15 heavy (non-hydrogen) atoms. The molecule has 5 heteroatoms. The molecule has 0 aromatic heterocycles. The van der Waals surface area contributed by atoms with E-state index in [0.29, 0.717) is 12.9 Å². The van der Waals surface area contributed by atoms with Crippen molar-refractivity contribution in [2.75, 3.05) is 13.2 Å². The lowest BCUT2D eigenvalue weighted by molar-refractivity contribution is -0.111. The Hall–Kier alpha value is -1.13. The molecule has 1 aliphatic heterocycles. The van der Waals surface area contributed by atoms with Crippen LogP contribution >= 0.6 is 0 Å². The first-order valence-corrected chi connectivity index (χ1v) is 5.21. The summed E-state index contributed by atoms with van der Waals surface area (Å²) in [5, 5.41) is 0. The second-order valence-corrected chi connectivity index (χ2v) is 3.66. The van der Waals surface area contributed by atoms with Gasteiger partial charge >= 0.3 is 6.09 Å². The zero-order valence-electron chi connectivity index (χ0n) is 8.82. The topological polar surface area (TPSA) is 46.6 Å². The number of nitrogens with zero attached hydrogens (tertiary/aromatic N) is 1. The van der Waals surface area contributed by atoms with Crippen LogP contribution in [0.4, 0.5) is 9.18 Å². The lowest BCUT2D eigenvalue weighted by Crippen LogP contribution is -2.37. The average molecular weight is 217 g/mol. The van der Waals surface area contributed by atoms with Gasteiger partial charge in [0.25, 0.3) is 0 Å². The third-order valence-electron chi connectivity index (χ3n) is 2.41. The maximum atomic E-state index is 13.0. The predicted molar refractivity (Wildman–Crippen MR) is 52.3 cm³/mol. The van der Waals surface area contributed by atoms with E-state index in [1.165, 1.54) is 0 Å². The highest BCUT2D eigenvalue weighted by atomic mass is 19.1. The van der Waals surface area contributed by atoms with Gasteiger partial charge in [-0.2, -0.15) is 0 Å². The number of amides is 1. The van der Waals surface area contributed by atoms with Crippen LogP contribution in [0.2, 0.25) is 0 Å². The molecule has 0 aromatic rings. The summed E-state index contributed by atoms with van der Waals surface area (Å²) in [6.45, 7) is 2.28. The van der Waals surface area contributed by atoms with Crippen LogP contribution < -0.4 is 0 Å². The summed E-state index contributed by atoms with van der Waals surface area (Å²) in [7, 11) is 0. The largest absolute Gasteiger partial charge is 0.449 e. The number of hydrogen-bond donors (Lipinski definition) is 0. The second kappa shape index (κ2) is 5.68. The van der Waals surface area contributed by atoms with Gasteiger partial charge < -0.3 is 9.53 Å².